The van der Waals surface area contributed by atoms with Crippen molar-refractivity contribution in [1.29, 1.82) is 0 Å². The minimum absolute atomic E-state index is 0.0325. The van der Waals surface area contributed by atoms with Crippen molar-refractivity contribution < 1.29 is 4.39 Å². The van der Waals surface area contributed by atoms with Crippen LogP contribution < -0.4 is 5.32 Å². The number of aromatic nitrogens is 1. The Hall–Kier alpha value is -0.970. The third kappa shape index (κ3) is 3.32. The maximum Gasteiger partial charge on any atom is 0.142 e. The molecule has 0 bridgehead atoms. The van der Waals surface area contributed by atoms with Crippen LogP contribution in [0.4, 0.5) is 4.39 Å². The van der Waals surface area contributed by atoms with Crippen LogP contribution in [0.3, 0.4) is 0 Å². The molecular formula is C14H13BrClFN2. The molecule has 2 rings (SSSR count). The number of nitrogens with zero attached hydrogens (tertiary/aromatic N) is 1. The smallest absolute Gasteiger partial charge is 0.142 e. The Labute approximate surface area is 125 Å². The van der Waals surface area contributed by atoms with Gasteiger partial charge in [0, 0.05) is 10.7 Å². The molecule has 0 amide bonds. The van der Waals surface area contributed by atoms with Gasteiger partial charge < -0.3 is 5.32 Å². The topological polar surface area (TPSA) is 24.9 Å². The molecule has 0 spiro atoms. The van der Waals surface area contributed by atoms with Gasteiger partial charge in [-0.1, -0.05) is 23.7 Å². The van der Waals surface area contributed by atoms with Gasteiger partial charge in [-0.25, -0.2) is 4.39 Å². The van der Waals surface area contributed by atoms with Crippen LogP contribution in [0.25, 0.3) is 0 Å². The highest BCUT2D eigenvalue weighted by atomic mass is 79.9. The van der Waals surface area contributed by atoms with E-state index in [-0.39, 0.29) is 11.1 Å². The van der Waals surface area contributed by atoms with Crippen LogP contribution in [-0.4, -0.2) is 12.0 Å². The predicted molar refractivity (Wildman–Crippen MR) is 78.9 cm³/mol. The van der Waals surface area contributed by atoms with E-state index < -0.39 is 5.82 Å². The number of pyridine rings is 1. The molecule has 0 fully saturated rings. The van der Waals surface area contributed by atoms with Crippen LogP contribution >= 0.6 is 27.5 Å². The molecule has 19 heavy (non-hydrogen) atoms. The third-order valence-corrected chi connectivity index (χ3v) is 4.01. The minimum atomic E-state index is -0.394. The van der Waals surface area contributed by atoms with Gasteiger partial charge in [0.15, 0.2) is 0 Å². The van der Waals surface area contributed by atoms with Crippen LogP contribution in [0.1, 0.15) is 17.3 Å². The fraction of sp³-hybridized carbons (Fsp3) is 0.214. The van der Waals surface area contributed by atoms with Crippen molar-refractivity contribution in [1.82, 2.24) is 10.3 Å². The summed E-state index contributed by atoms with van der Waals surface area (Å²) in [6.45, 7) is 0. The molecular weight excluding hydrogens is 331 g/mol. The van der Waals surface area contributed by atoms with Crippen LogP contribution in [0.5, 0.6) is 0 Å². The molecule has 1 aromatic carbocycles. The number of hydrogen-bond acceptors (Lipinski definition) is 2. The van der Waals surface area contributed by atoms with E-state index in [4.69, 9.17) is 11.6 Å². The molecule has 1 heterocycles. The van der Waals surface area contributed by atoms with E-state index in [0.717, 1.165) is 15.7 Å². The Kier molecular flexibility index (Phi) is 4.91. The van der Waals surface area contributed by atoms with Gasteiger partial charge in [0.05, 0.1) is 16.8 Å². The monoisotopic (exact) mass is 342 g/mol. The number of rotatable bonds is 4. The highest BCUT2D eigenvalue weighted by Crippen LogP contribution is 2.27. The molecule has 1 unspecified atom stereocenters. The van der Waals surface area contributed by atoms with Gasteiger partial charge in [-0.2, -0.15) is 0 Å². The zero-order valence-corrected chi connectivity index (χ0v) is 12.7. The molecule has 1 N–H and O–H groups in total. The Morgan fingerprint density at radius 1 is 1.37 bits per heavy atom. The summed E-state index contributed by atoms with van der Waals surface area (Å²) in [6, 6.07) is 8.60. The van der Waals surface area contributed by atoms with Crippen molar-refractivity contribution in [2.45, 2.75) is 12.5 Å². The van der Waals surface area contributed by atoms with E-state index >= 15 is 0 Å². The summed E-state index contributed by atoms with van der Waals surface area (Å²) >= 11 is 9.46. The van der Waals surface area contributed by atoms with Crippen molar-refractivity contribution in [3.63, 3.8) is 0 Å². The molecule has 5 heteroatoms. The molecule has 0 saturated carbocycles. The first-order chi connectivity index (χ1) is 9.13. The standard InChI is InChI=1S/C14H13BrClFN2/c1-18-12(14-10(15)5-3-7-19-14)8-9-4-2-6-11(17)13(9)16/h2-7,12,18H,8H2,1H3. The van der Waals surface area contributed by atoms with Gasteiger partial charge in [0.2, 0.25) is 0 Å². The van der Waals surface area contributed by atoms with E-state index in [1.165, 1.54) is 6.07 Å². The van der Waals surface area contributed by atoms with E-state index in [0.29, 0.717) is 6.42 Å². The minimum Gasteiger partial charge on any atom is -0.311 e. The highest BCUT2D eigenvalue weighted by Gasteiger charge is 2.17. The van der Waals surface area contributed by atoms with E-state index in [9.17, 15) is 4.39 Å². The molecule has 1 aromatic heterocycles. The SMILES string of the molecule is CNC(Cc1cccc(F)c1Cl)c1ncccc1Br. The second kappa shape index (κ2) is 6.46. The van der Waals surface area contributed by atoms with Crippen LogP contribution in [0.15, 0.2) is 41.0 Å². The van der Waals surface area contributed by atoms with Gasteiger partial charge in [-0.15, -0.1) is 0 Å². The summed E-state index contributed by atoms with van der Waals surface area (Å²) in [7, 11) is 1.85. The maximum absolute atomic E-state index is 13.4. The summed E-state index contributed by atoms with van der Waals surface area (Å²) < 4.78 is 14.4. The van der Waals surface area contributed by atoms with Gasteiger partial charge in [0.1, 0.15) is 5.82 Å². The Morgan fingerprint density at radius 3 is 2.84 bits per heavy atom. The number of halogens is 3. The summed E-state index contributed by atoms with van der Waals surface area (Å²) in [4.78, 5) is 4.35. The van der Waals surface area contributed by atoms with Gasteiger partial charge in [-0.3, -0.25) is 4.98 Å². The first-order valence-electron chi connectivity index (χ1n) is 5.84. The van der Waals surface area contributed by atoms with Crippen molar-refractivity contribution in [3.05, 3.63) is 63.1 Å². The van der Waals surface area contributed by atoms with E-state index in [1.807, 2.05) is 25.2 Å². The lowest BCUT2D eigenvalue weighted by Gasteiger charge is -2.17. The molecule has 0 aliphatic carbocycles. The summed E-state index contributed by atoms with van der Waals surface area (Å²) in [5, 5.41) is 3.36. The first-order valence-corrected chi connectivity index (χ1v) is 7.01. The van der Waals surface area contributed by atoms with E-state index in [1.54, 1.807) is 12.3 Å². The quantitative estimate of drug-likeness (QED) is 0.902. The number of hydrogen-bond donors (Lipinski definition) is 1. The molecule has 0 aliphatic heterocycles. The molecule has 100 valence electrons. The number of benzene rings is 1. The molecule has 0 saturated heterocycles. The van der Waals surface area contributed by atoms with Crippen molar-refractivity contribution >= 4 is 27.5 Å². The average molecular weight is 344 g/mol. The molecule has 0 radical (unpaired) electrons. The molecule has 1 atom stereocenters. The zero-order chi connectivity index (χ0) is 13.8. The maximum atomic E-state index is 13.4. The van der Waals surface area contributed by atoms with E-state index in [2.05, 4.69) is 26.2 Å². The first kappa shape index (κ1) is 14.4. The van der Waals surface area contributed by atoms with Crippen LogP contribution in [-0.2, 0) is 6.42 Å². The Morgan fingerprint density at radius 2 is 2.16 bits per heavy atom. The lowest BCUT2D eigenvalue weighted by Crippen LogP contribution is -2.20. The van der Waals surface area contributed by atoms with Gasteiger partial charge in [-0.05, 0) is 53.2 Å². The lowest BCUT2D eigenvalue weighted by molar-refractivity contribution is 0.568. The molecule has 2 nitrogen and oxygen atoms in total. The Balaban J connectivity index is 2.30. The molecule has 2 aromatic rings. The average Bonchev–Trinajstić information content (AvgIpc) is 2.41. The molecule has 0 aliphatic rings. The van der Waals surface area contributed by atoms with Crippen molar-refractivity contribution in [2.24, 2.45) is 0 Å². The van der Waals surface area contributed by atoms with Crippen LogP contribution in [0.2, 0.25) is 5.02 Å². The Bertz CT molecular complexity index is 577. The fourth-order valence-electron chi connectivity index (χ4n) is 1.92. The van der Waals surface area contributed by atoms with Gasteiger partial charge >= 0.3 is 0 Å². The summed E-state index contributed by atoms with van der Waals surface area (Å²) in [5.41, 5.74) is 1.64. The largest absolute Gasteiger partial charge is 0.311 e. The third-order valence-electron chi connectivity index (χ3n) is 2.92. The number of nitrogens with one attached hydrogen (secondary N) is 1. The normalized spacial score (nSPS) is 12.4. The lowest BCUT2D eigenvalue weighted by atomic mass is 10.0. The van der Waals surface area contributed by atoms with Crippen LogP contribution in [0, 0.1) is 5.82 Å². The zero-order valence-electron chi connectivity index (χ0n) is 10.3. The predicted octanol–water partition coefficient (Wildman–Crippen LogP) is 4.14. The fourth-order valence-corrected chi connectivity index (χ4v) is 2.65. The summed E-state index contributed by atoms with van der Waals surface area (Å²) in [5.74, 6) is -0.394. The summed E-state index contributed by atoms with van der Waals surface area (Å²) in [6.07, 6.45) is 2.31. The van der Waals surface area contributed by atoms with Crippen molar-refractivity contribution in [3.8, 4) is 0 Å². The second-order valence-corrected chi connectivity index (χ2v) is 5.36. The number of likely N-dealkylation sites (N-methyl/N-ethyl adjacent to an activating group) is 1. The second-order valence-electron chi connectivity index (χ2n) is 4.13. The van der Waals surface area contributed by atoms with Gasteiger partial charge in [0.25, 0.3) is 0 Å². The highest BCUT2D eigenvalue weighted by molar-refractivity contribution is 9.10. The van der Waals surface area contributed by atoms with Crippen molar-refractivity contribution in [2.75, 3.05) is 7.05 Å².